The first kappa shape index (κ1) is 23.7. The Balaban J connectivity index is 0.00000320. The van der Waals surface area contributed by atoms with Gasteiger partial charge in [-0.3, -0.25) is 0 Å². The molecule has 0 aliphatic rings. The number of aliphatic hydroxyl groups excluding tert-OH is 1. The number of aliphatic hydroxyl groups is 1. The van der Waals surface area contributed by atoms with Crippen LogP contribution in [0.5, 0.6) is 11.5 Å². The maximum absolute atomic E-state index is 10.0. The number of nitrogens with zero attached hydrogens (tertiary/aromatic N) is 2. The van der Waals surface area contributed by atoms with Crippen LogP contribution in [-0.2, 0) is 13.0 Å². The molecule has 0 fully saturated rings. The molecule has 0 bridgehead atoms. The molecule has 2 N–H and O–H groups in total. The van der Waals surface area contributed by atoms with Gasteiger partial charge >= 0.3 is 0 Å². The summed E-state index contributed by atoms with van der Waals surface area (Å²) in [6.07, 6.45) is -0.00580. The van der Waals surface area contributed by atoms with Gasteiger partial charge < -0.3 is 24.4 Å². The van der Waals surface area contributed by atoms with Crippen LogP contribution >= 0.6 is 12.4 Å². The second-order valence-electron chi connectivity index (χ2n) is 7.03. The molecule has 8 heteroatoms. The van der Waals surface area contributed by atoms with Crippen LogP contribution in [0, 0.1) is 0 Å². The topological polar surface area (TPSA) is 89.6 Å². The van der Waals surface area contributed by atoms with Crippen molar-refractivity contribution in [3.05, 3.63) is 71.9 Å². The molecule has 162 valence electrons. The van der Waals surface area contributed by atoms with Crippen molar-refractivity contribution in [2.24, 2.45) is 0 Å². The van der Waals surface area contributed by atoms with Gasteiger partial charge in [-0.1, -0.05) is 61.5 Å². The van der Waals surface area contributed by atoms with E-state index in [-0.39, 0.29) is 25.6 Å². The number of rotatable bonds is 11. The molecule has 0 spiro atoms. The molecule has 0 amide bonds. The summed E-state index contributed by atoms with van der Waals surface area (Å²) in [7, 11) is 0. The van der Waals surface area contributed by atoms with Crippen LogP contribution in [0.4, 0.5) is 0 Å². The molecule has 7 nitrogen and oxygen atoms in total. The normalized spacial score (nSPS) is 11.7. The zero-order chi connectivity index (χ0) is 20.5. The Bertz CT molecular complexity index is 874. The molecule has 0 saturated heterocycles. The van der Waals surface area contributed by atoms with Gasteiger partial charge in [0.15, 0.2) is 23.9 Å². The second kappa shape index (κ2) is 12.2. The van der Waals surface area contributed by atoms with Crippen molar-refractivity contribution < 1.29 is 19.1 Å². The first-order valence-corrected chi connectivity index (χ1v) is 9.71. The molecule has 0 radical (unpaired) electrons. The minimum atomic E-state index is -0.609. The molecule has 2 aromatic carbocycles. The van der Waals surface area contributed by atoms with E-state index in [1.54, 1.807) is 12.1 Å². The van der Waals surface area contributed by atoms with Gasteiger partial charge in [0.25, 0.3) is 5.89 Å². The molecule has 0 aliphatic carbocycles. The van der Waals surface area contributed by atoms with Gasteiger partial charge in [0.2, 0.25) is 0 Å². The molecule has 3 aromatic rings. The third kappa shape index (κ3) is 7.67. The average molecular weight is 434 g/mol. The van der Waals surface area contributed by atoms with Gasteiger partial charge in [0.1, 0.15) is 12.7 Å². The third-order valence-electron chi connectivity index (χ3n) is 4.11. The van der Waals surface area contributed by atoms with E-state index in [0.717, 1.165) is 5.56 Å². The van der Waals surface area contributed by atoms with Crippen molar-refractivity contribution in [2.75, 3.05) is 13.2 Å². The fraction of sp³-hybridized carbons (Fsp3) is 0.364. The Morgan fingerprint density at radius 1 is 1.00 bits per heavy atom. The number of ether oxygens (including phenoxy) is 2. The van der Waals surface area contributed by atoms with Gasteiger partial charge in [-0.2, -0.15) is 4.98 Å². The fourth-order valence-electron chi connectivity index (χ4n) is 2.64. The molecular weight excluding hydrogens is 406 g/mol. The van der Waals surface area contributed by atoms with Crippen molar-refractivity contribution >= 4 is 12.4 Å². The summed E-state index contributed by atoms with van der Waals surface area (Å²) < 4.78 is 16.8. The first-order chi connectivity index (χ1) is 14.1. The van der Waals surface area contributed by atoms with Gasteiger partial charge in [0.05, 0.1) is 0 Å². The Morgan fingerprint density at radius 2 is 1.67 bits per heavy atom. The van der Waals surface area contributed by atoms with Gasteiger partial charge in [-0.15, -0.1) is 12.4 Å². The van der Waals surface area contributed by atoms with E-state index >= 15 is 0 Å². The molecule has 0 saturated carbocycles. The number of hydrogen-bond acceptors (Lipinski definition) is 7. The van der Waals surface area contributed by atoms with E-state index in [0.29, 0.717) is 42.2 Å². The molecule has 1 atom stereocenters. The lowest BCUT2D eigenvalue weighted by Gasteiger charge is -2.16. The Hall–Kier alpha value is -2.61. The van der Waals surface area contributed by atoms with Crippen LogP contribution in [0.15, 0.2) is 59.1 Å². The van der Waals surface area contributed by atoms with Crippen molar-refractivity contribution in [1.82, 2.24) is 15.5 Å². The Morgan fingerprint density at radius 3 is 2.37 bits per heavy atom. The average Bonchev–Trinajstić information content (AvgIpc) is 3.17. The van der Waals surface area contributed by atoms with E-state index in [2.05, 4.69) is 15.5 Å². The van der Waals surface area contributed by atoms with Crippen molar-refractivity contribution in [3.8, 4) is 11.5 Å². The minimum absolute atomic E-state index is 0. The number of benzene rings is 2. The van der Waals surface area contributed by atoms with E-state index in [4.69, 9.17) is 14.0 Å². The lowest BCUT2D eigenvalue weighted by atomic mass is 10.1. The highest BCUT2D eigenvalue weighted by molar-refractivity contribution is 5.85. The Labute approximate surface area is 182 Å². The number of para-hydroxylation sites is 2. The molecular formula is C22H28ClN3O4. The largest absolute Gasteiger partial charge is 0.487 e. The Kier molecular flexibility index (Phi) is 9.60. The smallest absolute Gasteiger partial charge is 0.264 e. The lowest BCUT2D eigenvalue weighted by Crippen LogP contribution is -2.35. The van der Waals surface area contributed by atoms with Crippen LogP contribution in [0.3, 0.4) is 0 Å². The number of hydrogen-bond donors (Lipinski definition) is 2. The highest BCUT2D eigenvalue weighted by Crippen LogP contribution is 2.27. The summed E-state index contributed by atoms with van der Waals surface area (Å²) in [6.45, 7) is 4.83. The summed E-state index contributed by atoms with van der Waals surface area (Å²) in [5, 5.41) is 17.2. The molecule has 1 aromatic heterocycles. The molecule has 30 heavy (non-hydrogen) atoms. The lowest BCUT2D eigenvalue weighted by molar-refractivity contribution is 0.101. The van der Waals surface area contributed by atoms with Crippen LogP contribution in [0.1, 0.15) is 31.1 Å². The summed E-state index contributed by atoms with van der Waals surface area (Å²) in [6, 6.07) is 17.6. The SMILES string of the molecule is CC(C)NCC(O)COc1ccccc1OCc1nc(Cc2ccccc2)no1.Cl. The van der Waals surface area contributed by atoms with Gasteiger partial charge in [-0.25, -0.2) is 0 Å². The van der Waals surface area contributed by atoms with E-state index in [1.807, 2.05) is 56.3 Å². The molecule has 3 rings (SSSR count). The van der Waals surface area contributed by atoms with E-state index in [9.17, 15) is 5.11 Å². The monoisotopic (exact) mass is 433 g/mol. The van der Waals surface area contributed by atoms with E-state index < -0.39 is 6.10 Å². The summed E-state index contributed by atoms with van der Waals surface area (Å²) in [4.78, 5) is 4.37. The first-order valence-electron chi connectivity index (χ1n) is 9.71. The molecule has 0 aliphatic heterocycles. The molecule has 1 unspecified atom stereocenters. The number of aromatic nitrogens is 2. The van der Waals surface area contributed by atoms with Gasteiger partial charge in [-0.05, 0) is 17.7 Å². The highest BCUT2D eigenvalue weighted by atomic mass is 35.5. The highest BCUT2D eigenvalue weighted by Gasteiger charge is 2.12. The second-order valence-corrected chi connectivity index (χ2v) is 7.03. The minimum Gasteiger partial charge on any atom is -0.487 e. The van der Waals surface area contributed by atoms with Crippen molar-refractivity contribution in [2.45, 2.75) is 39.0 Å². The van der Waals surface area contributed by atoms with Crippen LogP contribution in [-0.4, -0.2) is 40.5 Å². The number of halogens is 1. The quantitative estimate of drug-likeness (QED) is 0.479. The van der Waals surface area contributed by atoms with E-state index in [1.165, 1.54) is 0 Å². The van der Waals surface area contributed by atoms with Crippen LogP contribution in [0.2, 0.25) is 0 Å². The maximum Gasteiger partial charge on any atom is 0.264 e. The maximum atomic E-state index is 10.0. The zero-order valence-corrected chi connectivity index (χ0v) is 18.0. The van der Waals surface area contributed by atoms with Crippen LogP contribution in [0.25, 0.3) is 0 Å². The predicted molar refractivity (Wildman–Crippen MR) is 116 cm³/mol. The van der Waals surface area contributed by atoms with Crippen LogP contribution < -0.4 is 14.8 Å². The summed E-state index contributed by atoms with van der Waals surface area (Å²) in [5.74, 6) is 2.12. The standard InChI is InChI=1S/C22H27N3O4.ClH/c1-16(2)23-13-18(26)14-27-19-10-6-7-11-20(19)28-15-22-24-21(25-29-22)12-17-8-4-3-5-9-17;/h3-11,16,18,23,26H,12-15H2,1-2H3;1H. The molecule has 1 heterocycles. The fourth-order valence-corrected chi connectivity index (χ4v) is 2.64. The number of nitrogens with one attached hydrogen (secondary N) is 1. The van der Waals surface area contributed by atoms with Crippen molar-refractivity contribution in [1.29, 1.82) is 0 Å². The van der Waals surface area contributed by atoms with Crippen molar-refractivity contribution in [3.63, 3.8) is 0 Å². The zero-order valence-electron chi connectivity index (χ0n) is 17.2. The summed E-state index contributed by atoms with van der Waals surface area (Å²) in [5.41, 5.74) is 1.12. The third-order valence-corrected chi connectivity index (χ3v) is 4.11. The summed E-state index contributed by atoms with van der Waals surface area (Å²) >= 11 is 0. The van der Waals surface area contributed by atoms with Gasteiger partial charge in [0, 0.05) is 19.0 Å². The predicted octanol–water partition coefficient (Wildman–Crippen LogP) is 3.40.